The van der Waals surface area contributed by atoms with Crippen LogP contribution in [0.1, 0.15) is 28.5 Å². The average molecular weight is 375 g/mol. The van der Waals surface area contributed by atoms with E-state index in [0.29, 0.717) is 36.9 Å². The quantitative estimate of drug-likeness (QED) is 0.485. The lowest BCUT2D eigenvalue weighted by atomic mass is 10.2. The topological polar surface area (TPSA) is 84.8 Å². The van der Waals surface area contributed by atoms with Crippen molar-refractivity contribution in [1.82, 2.24) is 25.1 Å². The predicted octanol–water partition coefficient (Wildman–Crippen LogP) is 3.22. The number of hydrogen-bond donors (Lipinski definition) is 2. The predicted molar refractivity (Wildman–Crippen MR) is 106 cm³/mol. The van der Waals surface area contributed by atoms with E-state index in [0.717, 1.165) is 16.6 Å². The number of nitrogens with one attached hydrogen (secondary N) is 2. The normalized spacial score (nSPS) is 11.0. The summed E-state index contributed by atoms with van der Waals surface area (Å²) < 4.78 is 6.85. The van der Waals surface area contributed by atoms with Gasteiger partial charge >= 0.3 is 5.97 Å². The number of carbonyl (C=O) groups excluding carboxylic acids is 1. The van der Waals surface area contributed by atoms with E-state index >= 15 is 0 Å². The van der Waals surface area contributed by atoms with Gasteiger partial charge in [-0.1, -0.05) is 42.5 Å². The van der Waals surface area contributed by atoms with Crippen molar-refractivity contribution in [2.24, 2.45) is 0 Å². The highest BCUT2D eigenvalue weighted by molar-refractivity contribution is 5.90. The number of nitrogens with zero attached hydrogens (tertiary/aromatic N) is 3. The lowest BCUT2D eigenvalue weighted by molar-refractivity contribution is 0.0525. The van der Waals surface area contributed by atoms with Crippen LogP contribution in [-0.2, 0) is 17.8 Å². The molecule has 0 radical (unpaired) electrons. The molecule has 0 fully saturated rings. The highest BCUT2D eigenvalue weighted by Crippen LogP contribution is 2.18. The van der Waals surface area contributed by atoms with Crippen molar-refractivity contribution in [2.75, 3.05) is 6.61 Å². The Balaban J connectivity index is 1.64. The number of carbonyl (C=O) groups is 1. The van der Waals surface area contributed by atoms with Gasteiger partial charge in [-0.25, -0.2) is 14.5 Å². The molecule has 0 aliphatic heterocycles. The van der Waals surface area contributed by atoms with Crippen LogP contribution in [0.25, 0.3) is 17.0 Å². The van der Waals surface area contributed by atoms with Crippen molar-refractivity contribution in [3.05, 3.63) is 77.6 Å². The molecule has 142 valence electrons. The van der Waals surface area contributed by atoms with Gasteiger partial charge in [0.1, 0.15) is 5.56 Å². The molecule has 2 aromatic heterocycles. The van der Waals surface area contributed by atoms with Crippen LogP contribution in [0.4, 0.5) is 0 Å². The third-order valence-corrected chi connectivity index (χ3v) is 4.41. The number of esters is 1. The molecule has 2 aromatic carbocycles. The van der Waals surface area contributed by atoms with Crippen LogP contribution < -0.4 is 5.32 Å². The molecule has 0 amide bonds. The Morgan fingerprint density at radius 2 is 1.89 bits per heavy atom. The first-order valence-corrected chi connectivity index (χ1v) is 9.20. The number of H-pyrrole nitrogens is 1. The second kappa shape index (κ2) is 8.06. The Labute approximate surface area is 162 Å². The van der Waals surface area contributed by atoms with Crippen molar-refractivity contribution >= 4 is 17.0 Å². The molecule has 28 heavy (non-hydrogen) atoms. The van der Waals surface area contributed by atoms with Crippen molar-refractivity contribution in [3.8, 4) is 5.95 Å². The van der Waals surface area contributed by atoms with Gasteiger partial charge in [-0.3, -0.25) is 0 Å². The summed E-state index contributed by atoms with van der Waals surface area (Å²) in [5.74, 6) is 0.176. The minimum absolute atomic E-state index is 0.311. The monoisotopic (exact) mass is 375 g/mol. The first-order valence-electron chi connectivity index (χ1n) is 9.20. The Kier molecular flexibility index (Phi) is 5.16. The molecular formula is C21H21N5O2. The fourth-order valence-corrected chi connectivity index (χ4v) is 3.07. The van der Waals surface area contributed by atoms with Crippen LogP contribution in [0.15, 0.2) is 60.8 Å². The van der Waals surface area contributed by atoms with Gasteiger partial charge in [-0.2, -0.15) is 5.10 Å². The van der Waals surface area contributed by atoms with E-state index in [9.17, 15) is 4.79 Å². The molecule has 7 nitrogen and oxygen atoms in total. The van der Waals surface area contributed by atoms with Gasteiger partial charge in [0.25, 0.3) is 0 Å². The van der Waals surface area contributed by atoms with E-state index in [1.165, 1.54) is 6.20 Å². The van der Waals surface area contributed by atoms with Crippen molar-refractivity contribution in [3.63, 3.8) is 0 Å². The maximum atomic E-state index is 12.4. The van der Waals surface area contributed by atoms with Crippen LogP contribution in [0.5, 0.6) is 0 Å². The lowest BCUT2D eigenvalue weighted by Gasteiger charge is -2.09. The van der Waals surface area contributed by atoms with E-state index in [4.69, 9.17) is 4.74 Å². The van der Waals surface area contributed by atoms with E-state index in [1.54, 1.807) is 11.6 Å². The third kappa shape index (κ3) is 3.65. The molecule has 0 aliphatic carbocycles. The van der Waals surface area contributed by atoms with Crippen molar-refractivity contribution in [1.29, 1.82) is 0 Å². The molecule has 2 N–H and O–H groups in total. The number of ether oxygens (including phenoxy) is 1. The molecule has 7 heteroatoms. The largest absolute Gasteiger partial charge is 0.462 e. The van der Waals surface area contributed by atoms with E-state index < -0.39 is 0 Å². The maximum Gasteiger partial charge on any atom is 0.341 e. The summed E-state index contributed by atoms with van der Waals surface area (Å²) >= 11 is 0. The highest BCUT2D eigenvalue weighted by atomic mass is 16.5. The first kappa shape index (κ1) is 17.9. The van der Waals surface area contributed by atoms with Gasteiger partial charge < -0.3 is 15.0 Å². The highest BCUT2D eigenvalue weighted by Gasteiger charge is 2.20. The number of para-hydroxylation sites is 2. The fourth-order valence-electron chi connectivity index (χ4n) is 3.07. The number of rotatable bonds is 7. The summed E-state index contributed by atoms with van der Waals surface area (Å²) in [6.07, 6.45) is 1.53. The van der Waals surface area contributed by atoms with Gasteiger partial charge in [-0.15, -0.1) is 0 Å². The van der Waals surface area contributed by atoms with Crippen LogP contribution in [-0.4, -0.2) is 32.3 Å². The maximum absolute atomic E-state index is 12.4. The molecule has 0 bridgehead atoms. The van der Waals surface area contributed by atoms with Gasteiger partial charge in [-0.05, 0) is 24.6 Å². The second-order valence-electron chi connectivity index (χ2n) is 6.30. The van der Waals surface area contributed by atoms with Gasteiger partial charge in [0.05, 0.1) is 29.5 Å². The minimum Gasteiger partial charge on any atom is -0.462 e. The minimum atomic E-state index is -0.388. The molecule has 0 unspecified atom stereocenters. The van der Waals surface area contributed by atoms with Gasteiger partial charge in [0, 0.05) is 13.1 Å². The number of fused-ring (bicyclic) bond motifs is 1. The van der Waals surface area contributed by atoms with E-state index in [2.05, 4.69) is 32.5 Å². The molecule has 0 aliphatic rings. The molecular weight excluding hydrogens is 354 g/mol. The fraction of sp³-hybridized carbons (Fsp3) is 0.190. The second-order valence-corrected chi connectivity index (χ2v) is 6.30. The number of aromatic amines is 1. The standard InChI is InChI=1S/C21H21N5O2/c1-2-28-20(27)16-13-23-26(21-24-17-10-6-7-11-18(17)25-21)19(16)14-22-12-15-8-4-3-5-9-15/h3-11,13,22H,2,12,14H2,1H3,(H,24,25). The molecule has 4 rings (SSSR count). The summed E-state index contributed by atoms with van der Waals surface area (Å²) in [4.78, 5) is 20.2. The smallest absolute Gasteiger partial charge is 0.341 e. The third-order valence-electron chi connectivity index (χ3n) is 4.41. The van der Waals surface area contributed by atoms with Crippen LogP contribution in [0.3, 0.4) is 0 Å². The SMILES string of the molecule is CCOC(=O)c1cnn(-c2nc3ccccc3[nH]2)c1CNCc1ccccc1. The number of imidazole rings is 1. The van der Waals surface area contributed by atoms with Crippen LogP contribution >= 0.6 is 0 Å². The first-order chi connectivity index (χ1) is 13.8. The van der Waals surface area contributed by atoms with E-state index in [-0.39, 0.29) is 5.97 Å². The molecule has 0 spiro atoms. The number of hydrogen-bond acceptors (Lipinski definition) is 5. The van der Waals surface area contributed by atoms with Crippen LogP contribution in [0, 0.1) is 0 Å². The molecule has 4 aromatic rings. The summed E-state index contributed by atoms with van der Waals surface area (Å²) in [5.41, 5.74) is 4.05. The van der Waals surface area contributed by atoms with Gasteiger partial charge in [0.15, 0.2) is 0 Å². The number of benzene rings is 2. The zero-order chi connectivity index (χ0) is 19.3. The number of aromatic nitrogens is 4. The Morgan fingerprint density at radius 1 is 1.11 bits per heavy atom. The Bertz CT molecular complexity index is 1050. The summed E-state index contributed by atoms with van der Waals surface area (Å²) in [7, 11) is 0. The lowest BCUT2D eigenvalue weighted by Crippen LogP contribution is -2.19. The Morgan fingerprint density at radius 3 is 2.68 bits per heavy atom. The molecule has 2 heterocycles. The average Bonchev–Trinajstić information content (AvgIpc) is 3.33. The molecule has 0 saturated carbocycles. The summed E-state index contributed by atoms with van der Waals surface area (Å²) in [6, 6.07) is 17.8. The summed E-state index contributed by atoms with van der Waals surface area (Å²) in [5, 5.41) is 7.77. The van der Waals surface area contributed by atoms with Crippen molar-refractivity contribution < 1.29 is 9.53 Å². The van der Waals surface area contributed by atoms with Crippen LogP contribution in [0.2, 0.25) is 0 Å². The van der Waals surface area contributed by atoms with Crippen molar-refractivity contribution in [2.45, 2.75) is 20.0 Å². The zero-order valence-corrected chi connectivity index (χ0v) is 15.6. The molecule has 0 saturated heterocycles. The molecule has 0 atom stereocenters. The zero-order valence-electron chi connectivity index (χ0n) is 15.6. The Hall–Kier alpha value is -3.45. The van der Waals surface area contributed by atoms with E-state index in [1.807, 2.05) is 42.5 Å². The van der Waals surface area contributed by atoms with Gasteiger partial charge in [0.2, 0.25) is 5.95 Å². The summed E-state index contributed by atoms with van der Waals surface area (Å²) in [6.45, 7) is 3.22.